The first kappa shape index (κ1) is 15.8. The van der Waals surface area contributed by atoms with Gasteiger partial charge in [0.2, 0.25) is 0 Å². The third kappa shape index (κ3) is 3.37. The highest BCUT2D eigenvalue weighted by atomic mass is 79.9. The average molecular weight is 340 g/mol. The van der Waals surface area contributed by atoms with Crippen LogP contribution in [-0.2, 0) is 12.8 Å². The van der Waals surface area contributed by atoms with Crippen LogP contribution in [-0.4, -0.2) is 31.1 Å². The molecule has 1 aromatic carbocycles. The lowest BCUT2D eigenvalue weighted by molar-refractivity contribution is 0.179. The van der Waals surface area contributed by atoms with Gasteiger partial charge in [0.25, 0.3) is 0 Å². The van der Waals surface area contributed by atoms with Crippen LogP contribution in [0.25, 0.3) is 0 Å². The van der Waals surface area contributed by atoms with Gasteiger partial charge < -0.3 is 9.64 Å². The van der Waals surface area contributed by atoms with Crippen molar-refractivity contribution in [1.29, 1.82) is 0 Å². The zero-order valence-corrected chi connectivity index (χ0v) is 14.5. The molecule has 112 valence electrons. The normalized spacial score (nSPS) is 18.1. The molecule has 0 spiro atoms. The first-order valence-electron chi connectivity index (χ1n) is 7.79. The van der Waals surface area contributed by atoms with Crippen molar-refractivity contribution in [3.63, 3.8) is 0 Å². The molecule has 0 saturated heterocycles. The van der Waals surface area contributed by atoms with Crippen molar-refractivity contribution < 1.29 is 4.74 Å². The van der Waals surface area contributed by atoms with Crippen LogP contribution in [0.4, 0.5) is 0 Å². The Kier molecular flexibility index (Phi) is 5.91. The number of ether oxygens (including phenoxy) is 1. The van der Waals surface area contributed by atoms with E-state index in [9.17, 15) is 0 Å². The number of rotatable bonds is 6. The molecule has 2 nitrogen and oxygen atoms in total. The van der Waals surface area contributed by atoms with Gasteiger partial charge in [-0.3, -0.25) is 0 Å². The lowest BCUT2D eigenvalue weighted by atomic mass is 9.86. The SMILES string of the molecule is CCCN(CCC)C1CCc2c(OC)ccc(Br)c2C1. The Hall–Kier alpha value is -0.540. The molecule has 0 saturated carbocycles. The predicted molar refractivity (Wildman–Crippen MR) is 88.7 cm³/mol. The molecule has 2 rings (SSSR count). The fourth-order valence-corrected chi connectivity index (χ4v) is 3.87. The molecular weight excluding hydrogens is 314 g/mol. The maximum atomic E-state index is 5.52. The number of benzene rings is 1. The van der Waals surface area contributed by atoms with Gasteiger partial charge in [-0.1, -0.05) is 29.8 Å². The Morgan fingerprint density at radius 3 is 2.50 bits per heavy atom. The van der Waals surface area contributed by atoms with Crippen molar-refractivity contribution >= 4 is 15.9 Å². The number of methoxy groups -OCH3 is 1. The van der Waals surface area contributed by atoms with Gasteiger partial charge in [0, 0.05) is 10.5 Å². The Bertz CT molecular complexity index is 441. The van der Waals surface area contributed by atoms with Gasteiger partial charge in [-0.05, 0) is 68.5 Å². The molecule has 1 aromatic rings. The summed E-state index contributed by atoms with van der Waals surface area (Å²) in [7, 11) is 1.77. The van der Waals surface area contributed by atoms with Gasteiger partial charge in [-0.2, -0.15) is 0 Å². The van der Waals surface area contributed by atoms with Gasteiger partial charge in [0.15, 0.2) is 0 Å². The molecule has 1 aliphatic carbocycles. The summed E-state index contributed by atoms with van der Waals surface area (Å²) in [5, 5.41) is 0. The van der Waals surface area contributed by atoms with E-state index in [4.69, 9.17) is 4.74 Å². The molecule has 1 atom stereocenters. The van der Waals surface area contributed by atoms with E-state index in [1.807, 2.05) is 0 Å². The second-order valence-corrected chi connectivity index (χ2v) is 6.49. The number of hydrogen-bond acceptors (Lipinski definition) is 2. The maximum Gasteiger partial charge on any atom is 0.122 e. The van der Waals surface area contributed by atoms with Crippen molar-refractivity contribution in [2.45, 2.75) is 52.0 Å². The largest absolute Gasteiger partial charge is 0.496 e. The minimum atomic E-state index is 0.686. The van der Waals surface area contributed by atoms with E-state index in [0.29, 0.717) is 6.04 Å². The molecule has 0 amide bonds. The first-order valence-corrected chi connectivity index (χ1v) is 8.58. The molecule has 0 radical (unpaired) electrons. The Morgan fingerprint density at radius 1 is 1.20 bits per heavy atom. The molecule has 0 fully saturated rings. The van der Waals surface area contributed by atoms with Crippen LogP contribution in [0, 0.1) is 0 Å². The number of hydrogen-bond donors (Lipinski definition) is 0. The first-order chi connectivity index (χ1) is 9.71. The van der Waals surface area contributed by atoms with Crippen LogP contribution in [0.5, 0.6) is 5.75 Å². The molecule has 0 aromatic heterocycles. The molecule has 1 unspecified atom stereocenters. The summed E-state index contributed by atoms with van der Waals surface area (Å²) in [5.74, 6) is 1.05. The van der Waals surface area contributed by atoms with Gasteiger partial charge in [-0.15, -0.1) is 0 Å². The van der Waals surface area contributed by atoms with Crippen LogP contribution in [0.15, 0.2) is 16.6 Å². The lowest BCUT2D eigenvalue weighted by Gasteiger charge is -2.35. The Balaban J connectivity index is 2.21. The molecule has 1 aliphatic rings. The maximum absolute atomic E-state index is 5.52. The van der Waals surface area contributed by atoms with E-state index < -0.39 is 0 Å². The fourth-order valence-electron chi connectivity index (χ4n) is 3.34. The predicted octanol–water partition coefficient (Wildman–Crippen LogP) is 4.44. The second-order valence-electron chi connectivity index (χ2n) is 5.64. The summed E-state index contributed by atoms with van der Waals surface area (Å²) in [4.78, 5) is 2.68. The van der Waals surface area contributed by atoms with Gasteiger partial charge in [0.05, 0.1) is 7.11 Å². The zero-order chi connectivity index (χ0) is 14.5. The monoisotopic (exact) mass is 339 g/mol. The average Bonchev–Trinajstić information content (AvgIpc) is 2.47. The Labute approximate surface area is 131 Å². The third-order valence-electron chi connectivity index (χ3n) is 4.26. The summed E-state index contributed by atoms with van der Waals surface area (Å²) >= 11 is 3.73. The van der Waals surface area contributed by atoms with Crippen molar-refractivity contribution in [1.82, 2.24) is 4.90 Å². The van der Waals surface area contributed by atoms with Crippen LogP contribution in [0.3, 0.4) is 0 Å². The van der Waals surface area contributed by atoms with Crippen molar-refractivity contribution in [2.75, 3.05) is 20.2 Å². The topological polar surface area (TPSA) is 12.5 Å². The van der Waals surface area contributed by atoms with E-state index in [-0.39, 0.29) is 0 Å². The number of halogens is 1. The minimum absolute atomic E-state index is 0.686. The summed E-state index contributed by atoms with van der Waals surface area (Å²) in [5.41, 5.74) is 2.86. The summed E-state index contributed by atoms with van der Waals surface area (Å²) in [6.07, 6.45) is 6.00. The van der Waals surface area contributed by atoms with Crippen molar-refractivity contribution in [3.8, 4) is 5.75 Å². The highest BCUT2D eigenvalue weighted by molar-refractivity contribution is 9.10. The second kappa shape index (κ2) is 7.46. The summed E-state index contributed by atoms with van der Waals surface area (Å²) < 4.78 is 6.77. The van der Waals surface area contributed by atoms with E-state index in [1.165, 1.54) is 48.0 Å². The van der Waals surface area contributed by atoms with E-state index in [1.54, 1.807) is 7.11 Å². The highest BCUT2D eigenvalue weighted by Crippen LogP contribution is 2.36. The molecule has 3 heteroatoms. The summed E-state index contributed by atoms with van der Waals surface area (Å²) in [6.45, 7) is 6.99. The van der Waals surface area contributed by atoms with Crippen LogP contribution in [0.2, 0.25) is 0 Å². The summed E-state index contributed by atoms with van der Waals surface area (Å²) in [6, 6.07) is 4.90. The minimum Gasteiger partial charge on any atom is -0.496 e. The molecule has 0 N–H and O–H groups in total. The van der Waals surface area contributed by atoms with Crippen molar-refractivity contribution in [2.24, 2.45) is 0 Å². The number of nitrogens with zero attached hydrogens (tertiary/aromatic N) is 1. The molecule has 20 heavy (non-hydrogen) atoms. The van der Waals surface area contributed by atoms with Gasteiger partial charge in [0.1, 0.15) is 5.75 Å². The highest BCUT2D eigenvalue weighted by Gasteiger charge is 2.26. The van der Waals surface area contributed by atoms with Crippen LogP contribution < -0.4 is 4.74 Å². The smallest absolute Gasteiger partial charge is 0.122 e. The van der Waals surface area contributed by atoms with Gasteiger partial charge >= 0.3 is 0 Å². The Morgan fingerprint density at radius 2 is 1.90 bits per heavy atom. The molecular formula is C17H26BrNO. The van der Waals surface area contributed by atoms with Crippen LogP contribution >= 0.6 is 15.9 Å². The quantitative estimate of drug-likeness (QED) is 0.759. The fraction of sp³-hybridized carbons (Fsp3) is 0.647. The standard InChI is InChI=1S/C17H26BrNO/c1-4-10-19(11-5-2)13-6-7-14-15(12-13)16(18)8-9-17(14)20-3/h8-9,13H,4-7,10-12H2,1-3H3. The van der Waals surface area contributed by atoms with Gasteiger partial charge in [-0.25, -0.2) is 0 Å². The van der Waals surface area contributed by atoms with E-state index >= 15 is 0 Å². The number of fused-ring (bicyclic) bond motifs is 1. The van der Waals surface area contributed by atoms with Crippen LogP contribution in [0.1, 0.15) is 44.2 Å². The van der Waals surface area contributed by atoms with E-state index in [0.717, 1.165) is 18.6 Å². The molecule has 0 bridgehead atoms. The van der Waals surface area contributed by atoms with Crippen molar-refractivity contribution in [3.05, 3.63) is 27.7 Å². The lowest BCUT2D eigenvalue weighted by Crippen LogP contribution is -2.40. The van der Waals surface area contributed by atoms with E-state index in [2.05, 4.69) is 46.8 Å². The zero-order valence-electron chi connectivity index (χ0n) is 12.9. The molecule has 0 aliphatic heterocycles. The molecule has 0 heterocycles. The third-order valence-corrected chi connectivity index (χ3v) is 5.00.